The topological polar surface area (TPSA) is 107 Å². The Bertz CT molecular complexity index is 766. The molecule has 0 aliphatic carbocycles. The van der Waals surface area contributed by atoms with E-state index in [4.69, 9.17) is 0 Å². The Morgan fingerprint density at radius 1 is 1.48 bits per heavy atom. The van der Waals surface area contributed by atoms with Gasteiger partial charge in [-0.15, -0.1) is 0 Å². The molecule has 1 heterocycles. The number of fused-ring (bicyclic) bond motifs is 1. The fourth-order valence-corrected chi connectivity index (χ4v) is 1.90. The van der Waals surface area contributed by atoms with E-state index >= 15 is 0 Å². The van der Waals surface area contributed by atoms with Gasteiger partial charge in [0, 0.05) is 18.2 Å². The lowest BCUT2D eigenvalue weighted by Crippen LogP contribution is -2.36. The maximum Gasteiger partial charge on any atom is 0.270 e. The summed E-state index contributed by atoms with van der Waals surface area (Å²) in [5.41, 5.74) is -0.320. The highest BCUT2D eigenvalue weighted by Crippen LogP contribution is 2.16. The molecule has 2 aromatic rings. The third-order valence-electron chi connectivity index (χ3n) is 2.78. The van der Waals surface area contributed by atoms with Gasteiger partial charge in [0.15, 0.2) is 0 Å². The number of nitro groups is 1. The lowest BCUT2D eigenvalue weighted by atomic mass is 10.2. The van der Waals surface area contributed by atoms with Crippen molar-refractivity contribution in [3.05, 3.63) is 45.0 Å². The van der Waals surface area contributed by atoms with E-state index in [2.05, 4.69) is 10.3 Å². The van der Waals surface area contributed by atoms with Crippen molar-refractivity contribution in [2.75, 3.05) is 0 Å². The first kappa shape index (κ1) is 14.6. The minimum atomic E-state index is -0.582. The second-order valence-corrected chi connectivity index (χ2v) is 4.86. The number of hydrogen-bond donors (Lipinski definition) is 1. The molecule has 0 unspecified atom stereocenters. The first-order chi connectivity index (χ1) is 9.88. The van der Waals surface area contributed by atoms with Crippen LogP contribution in [-0.2, 0) is 11.3 Å². The first-order valence-electron chi connectivity index (χ1n) is 6.31. The van der Waals surface area contributed by atoms with Crippen LogP contribution < -0.4 is 10.9 Å². The normalized spacial score (nSPS) is 10.8. The molecule has 2 rings (SSSR count). The Balaban J connectivity index is 2.43. The van der Waals surface area contributed by atoms with Gasteiger partial charge in [0.05, 0.1) is 22.2 Å². The summed E-state index contributed by atoms with van der Waals surface area (Å²) in [6.45, 7) is 3.44. The lowest BCUT2D eigenvalue weighted by molar-refractivity contribution is -0.384. The minimum absolute atomic E-state index is 0.0392. The lowest BCUT2D eigenvalue weighted by Gasteiger charge is -2.10. The summed E-state index contributed by atoms with van der Waals surface area (Å²) in [7, 11) is 0. The number of non-ortho nitro benzene ring substituents is 1. The first-order valence-corrected chi connectivity index (χ1v) is 6.31. The van der Waals surface area contributed by atoms with E-state index in [0.717, 1.165) is 4.57 Å². The van der Waals surface area contributed by atoms with Crippen LogP contribution in [0.25, 0.3) is 10.9 Å². The van der Waals surface area contributed by atoms with Crippen LogP contribution in [0.4, 0.5) is 5.69 Å². The maximum atomic E-state index is 12.2. The summed E-state index contributed by atoms with van der Waals surface area (Å²) in [6, 6.07) is 3.82. The van der Waals surface area contributed by atoms with Gasteiger partial charge in [0.1, 0.15) is 6.54 Å². The van der Waals surface area contributed by atoms with Crippen molar-refractivity contribution in [2.45, 2.75) is 26.4 Å². The summed E-state index contributed by atoms with van der Waals surface area (Å²) >= 11 is 0. The third-order valence-corrected chi connectivity index (χ3v) is 2.78. The summed E-state index contributed by atoms with van der Waals surface area (Å²) in [5.74, 6) is -0.321. The zero-order chi connectivity index (χ0) is 15.6. The van der Waals surface area contributed by atoms with E-state index in [1.165, 1.54) is 24.5 Å². The summed E-state index contributed by atoms with van der Waals surface area (Å²) in [6.07, 6.45) is 1.26. The average molecular weight is 290 g/mol. The van der Waals surface area contributed by atoms with Gasteiger partial charge in [0.25, 0.3) is 11.2 Å². The Hall–Kier alpha value is -2.77. The number of rotatable bonds is 4. The summed E-state index contributed by atoms with van der Waals surface area (Å²) in [5, 5.41) is 13.5. The van der Waals surface area contributed by atoms with Crippen molar-refractivity contribution in [3.63, 3.8) is 0 Å². The number of carbonyl (C=O) groups is 1. The second-order valence-electron chi connectivity index (χ2n) is 4.86. The quantitative estimate of drug-likeness (QED) is 0.663. The number of benzene rings is 1. The van der Waals surface area contributed by atoms with E-state index in [9.17, 15) is 19.7 Å². The van der Waals surface area contributed by atoms with Crippen LogP contribution in [0.5, 0.6) is 0 Å². The van der Waals surface area contributed by atoms with E-state index in [1.807, 2.05) is 13.8 Å². The van der Waals surface area contributed by atoms with Crippen molar-refractivity contribution in [1.82, 2.24) is 14.9 Å². The average Bonchev–Trinajstić information content (AvgIpc) is 2.40. The molecule has 0 saturated heterocycles. The van der Waals surface area contributed by atoms with Crippen molar-refractivity contribution < 1.29 is 9.72 Å². The number of hydrogen-bond acceptors (Lipinski definition) is 5. The molecule has 110 valence electrons. The minimum Gasteiger partial charge on any atom is -0.352 e. The second kappa shape index (κ2) is 5.70. The van der Waals surface area contributed by atoms with Crippen LogP contribution in [0.2, 0.25) is 0 Å². The monoisotopic (exact) mass is 290 g/mol. The van der Waals surface area contributed by atoms with Crippen molar-refractivity contribution in [1.29, 1.82) is 0 Å². The molecular weight excluding hydrogens is 276 g/mol. The smallest absolute Gasteiger partial charge is 0.270 e. The Morgan fingerprint density at radius 3 is 2.81 bits per heavy atom. The fourth-order valence-electron chi connectivity index (χ4n) is 1.90. The van der Waals surface area contributed by atoms with Crippen molar-refractivity contribution in [2.24, 2.45) is 0 Å². The Morgan fingerprint density at radius 2 is 2.19 bits per heavy atom. The highest BCUT2D eigenvalue weighted by Gasteiger charge is 2.12. The molecule has 1 N–H and O–H groups in total. The molecule has 0 radical (unpaired) electrons. The highest BCUT2D eigenvalue weighted by atomic mass is 16.6. The van der Waals surface area contributed by atoms with Gasteiger partial charge in [-0.1, -0.05) is 0 Å². The predicted molar refractivity (Wildman–Crippen MR) is 75.9 cm³/mol. The summed E-state index contributed by atoms with van der Waals surface area (Å²) in [4.78, 5) is 38.1. The van der Waals surface area contributed by atoms with Gasteiger partial charge in [-0.05, 0) is 19.9 Å². The zero-order valence-electron chi connectivity index (χ0n) is 11.6. The molecule has 8 nitrogen and oxygen atoms in total. The largest absolute Gasteiger partial charge is 0.352 e. The van der Waals surface area contributed by atoms with Gasteiger partial charge < -0.3 is 5.32 Å². The number of nitrogens with zero attached hydrogens (tertiary/aromatic N) is 3. The number of nitrogens with one attached hydrogen (secondary N) is 1. The molecular formula is C13H14N4O4. The molecule has 1 amide bonds. The van der Waals surface area contributed by atoms with Crippen LogP contribution >= 0.6 is 0 Å². The van der Waals surface area contributed by atoms with Crippen LogP contribution in [0.3, 0.4) is 0 Å². The molecule has 8 heteroatoms. The van der Waals surface area contributed by atoms with Crippen LogP contribution in [0, 0.1) is 10.1 Å². The van der Waals surface area contributed by atoms with Gasteiger partial charge in [-0.3, -0.25) is 24.3 Å². The third kappa shape index (κ3) is 3.22. The zero-order valence-corrected chi connectivity index (χ0v) is 11.6. The standard InChI is InChI=1S/C13H14N4O4/c1-8(2)15-12(18)6-16-7-14-11-4-3-9(17(20)21)5-10(11)13(16)19/h3-5,7-8H,6H2,1-2H3,(H,15,18). The Labute approximate surface area is 119 Å². The van der Waals surface area contributed by atoms with E-state index < -0.39 is 10.5 Å². The van der Waals surface area contributed by atoms with Gasteiger partial charge in [-0.25, -0.2) is 4.98 Å². The molecule has 0 atom stereocenters. The van der Waals surface area contributed by atoms with Crippen LogP contribution in [-0.4, -0.2) is 26.4 Å². The molecule has 21 heavy (non-hydrogen) atoms. The van der Waals surface area contributed by atoms with E-state index in [1.54, 1.807) is 0 Å². The van der Waals surface area contributed by atoms with Crippen molar-refractivity contribution >= 4 is 22.5 Å². The number of nitro benzene ring substituents is 1. The molecule has 1 aromatic carbocycles. The van der Waals surface area contributed by atoms with Gasteiger partial charge in [-0.2, -0.15) is 0 Å². The molecule has 0 fully saturated rings. The fraction of sp³-hybridized carbons (Fsp3) is 0.308. The molecule has 1 aromatic heterocycles. The van der Waals surface area contributed by atoms with Gasteiger partial charge in [0.2, 0.25) is 5.91 Å². The predicted octanol–water partition coefficient (Wildman–Crippen LogP) is 0.829. The number of carbonyl (C=O) groups excluding carboxylic acids is 1. The molecule has 0 spiro atoms. The summed E-state index contributed by atoms with van der Waals surface area (Å²) < 4.78 is 1.13. The molecule has 0 aliphatic rings. The molecule has 0 bridgehead atoms. The molecule has 0 saturated carbocycles. The van der Waals surface area contributed by atoms with E-state index in [0.29, 0.717) is 5.52 Å². The van der Waals surface area contributed by atoms with Crippen LogP contribution in [0.15, 0.2) is 29.3 Å². The number of aromatic nitrogens is 2. The van der Waals surface area contributed by atoms with E-state index in [-0.39, 0.29) is 29.6 Å². The van der Waals surface area contributed by atoms with Gasteiger partial charge >= 0.3 is 0 Å². The number of amides is 1. The molecule has 0 aliphatic heterocycles. The highest BCUT2D eigenvalue weighted by molar-refractivity contribution is 5.80. The SMILES string of the molecule is CC(C)NC(=O)Cn1cnc2ccc([N+](=O)[O-])cc2c1=O. The van der Waals surface area contributed by atoms with Crippen molar-refractivity contribution in [3.8, 4) is 0 Å². The Kier molecular flexibility index (Phi) is 3.97. The maximum absolute atomic E-state index is 12.2. The van der Waals surface area contributed by atoms with Crippen LogP contribution in [0.1, 0.15) is 13.8 Å².